The summed E-state index contributed by atoms with van der Waals surface area (Å²) in [4.78, 5) is 0. The SMILES string of the molecule is C=C.C=C(NCCc1cccc(C)c1)c1cccc(CCC2CCCC(C)CCC3C2CCC2C3(C)CCC3C(C)(C)C(C)CCC32C)c1.C=CC. The van der Waals surface area contributed by atoms with Crippen molar-refractivity contribution in [3.05, 3.63) is 103 Å². The summed E-state index contributed by atoms with van der Waals surface area (Å²) in [6, 6.07) is 18.2. The van der Waals surface area contributed by atoms with E-state index in [0.29, 0.717) is 16.2 Å². The van der Waals surface area contributed by atoms with Gasteiger partial charge >= 0.3 is 0 Å². The Balaban J connectivity index is 0.00000115. The Hall–Kier alpha value is -2.54. The Morgan fingerprint density at radius 3 is 2.17 bits per heavy atom. The number of nitrogens with one attached hydrogen (secondary N) is 1. The van der Waals surface area contributed by atoms with Gasteiger partial charge in [0.15, 0.2) is 0 Å². The van der Waals surface area contributed by atoms with Crippen LogP contribution in [0.5, 0.6) is 0 Å². The molecule has 9 unspecified atom stereocenters. The molecule has 4 aliphatic rings. The van der Waals surface area contributed by atoms with Gasteiger partial charge in [-0.1, -0.05) is 128 Å². The molecule has 4 fully saturated rings. The first-order valence-electron chi connectivity index (χ1n) is 21.5. The Morgan fingerprint density at radius 1 is 0.788 bits per heavy atom. The summed E-state index contributed by atoms with van der Waals surface area (Å²) in [7, 11) is 0. The molecule has 52 heavy (non-hydrogen) atoms. The number of allylic oxidation sites excluding steroid dienone is 1. The molecule has 2 aromatic rings. The highest BCUT2D eigenvalue weighted by Crippen LogP contribution is 2.71. The molecule has 0 aliphatic heterocycles. The van der Waals surface area contributed by atoms with Crippen molar-refractivity contribution in [2.75, 3.05) is 6.54 Å². The largest absolute Gasteiger partial charge is 0.385 e. The minimum Gasteiger partial charge on any atom is -0.385 e. The van der Waals surface area contributed by atoms with Gasteiger partial charge in [0.1, 0.15) is 0 Å². The van der Waals surface area contributed by atoms with Crippen molar-refractivity contribution in [3.8, 4) is 0 Å². The molecule has 9 atom stereocenters. The van der Waals surface area contributed by atoms with Crippen molar-refractivity contribution in [1.29, 1.82) is 0 Å². The first-order chi connectivity index (χ1) is 24.8. The number of hydrogen-bond acceptors (Lipinski definition) is 1. The fraction of sp³-hybridized carbons (Fsp3) is 0.647. The predicted molar refractivity (Wildman–Crippen MR) is 230 cm³/mol. The van der Waals surface area contributed by atoms with Crippen LogP contribution in [0.3, 0.4) is 0 Å². The van der Waals surface area contributed by atoms with Gasteiger partial charge in [0.05, 0.1) is 0 Å². The van der Waals surface area contributed by atoms with Crippen molar-refractivity contribution < 1.29 is 0 Å². The second-order valence-electron chi connectivity index (χ2n) is 18.9. The van der Waals surface area contributed by atoms with E-state index in [4.69, 9.17) is 0 Å². The third-order valence-corrected chi connectivity index (χ3v) is 15.6. The van der Waals surface area contributed by atoms with Gasteiger partial charge in [0.2, 0.25) is 0 Å². The molecule has 0 amide bonds. The van der Waals surface area contributed by atoms with Gasteiger partial charge in [-0.05, 0) is 158 Å². The lowest BCUT2D eigenvalue weighted by molar-refractivity contribution is -0.192. The molecule has 4 aliphatic carbocycles. The second kappa shape index (κ2) is 18.7. The lowest BCUT2D eigenvalue weighted by atomic mass is 9.37. The number of rotatable bonds is 8. The normalized spacial score (nSPS) is 33.7. The number of aryl methyl sites for hydroxylation is 2. The summed E-state index contributed by atoms with van der Waals surface area (Å²) in [6.45, 7) is 34.8. The molecule has 0 heterocycles. The molecule has 0 aromatic heterocycles. The molecule has 0 saturated heterocycles. The third-order valence-electron chi connectivity index (χ3n) is 15.6. The molecule has 288 valence electrons. The number of fused-ring (bicyclic) bond motifs is 5. The van der Waals surface area contributed by atoms with Gasteiger partial charge in [0.25, 0.3) is 0 Å². The Kier molecular flexibility index (Phi) is 15.2. The third kappa shape index (κ3) is 9.39. The first kappa shape index (κ1) is 42.2. The van der Waals surface area contributed by atoms with Crippen LogP contribution >= 0.6 is 0 Å². The van der Waals surface area contributed by atoms with Crippen LogP contribution in [0, 0.1) is 64.6 Å². The average Bonchev–Trinajstić information content (AvgIpc) is 3.19. The monoisotopic (exact) mass is 706 g/mol. The van der Waals surface area contributed by atoms with Crippen LogP contribution in [0.1, 0.15) is 148 Å². The van der Waals surface area contributed by atoms with Gasteiger partial charge in [0, 0.05) is 12.2 Å². The van der Waals surface area contributed by atoms with Crippen molar-refractivity contribution in [1.82, 2.24) is 5.32 Å². The summed E-state index contributed by atoms with van der Waals surface area (Å²) in [6.07, 6.45) is 21.5. The van der Waals surface area contributed by atoms with E-state index in [1.54, 1.807) is 6.08 Å². The Morgan fingerprint density at radius 2 is 1.46 bits per heavy atom. The Labute approximate surface area is 322 Å². The molecule has 1 nitrogen and oxygen atoms in total. The molecule has 1 heteroatoms. The summed E-state index contributed by atoms with van der Waals surface area (Å²) in [5.41, 5.74) is 8.09. The average molecular weight is 706 g/mol. The topological polar surface area (TPSA) is 12.0 Å². The first-order valence-corrected chi connectivity index (χ1v) is 21.5. The van der Waals surface area contributed by atoms with E-state index in [2.05, 4.69) is 129 Å². The van der Waals surface area contributed by atoms with E-state index in [0.717, 1.165) is 60.1 Å². The fourth-order valence-corrected chi connectivity index (χ4v) is 12.5. The second-order valence-corrected chi connectivity index (χ2v) is 18.9. The van der Waals surface area contributed by atoms with E-state index in [1.807, 2.05) is 6.92 Å². The minimum absolute atomic E-state index is 0.483. The van der Waals surface area contributed by atoms with Crippen LogP contribution < -0.4 is 5.32 Å². The summed E-state index contributed by atoms with van der Waals surface area (Å²) >= 11 is 0. The van der Waals surface area contributed by atoms with Crippen LogP contribution in [0.15, 0.2) is 80.9 Å². The van der Waals surface area contributed by atoms with Crippen molar-refractivity contribution in [2.24, 2.45) is 57.7 Å². The zero-order valence-corrected chi connectivity index (χ0v) is 35.2. The highest BCUT2D eigenvalue weighted by Gasteiger charge is 2.63. The van der Waals surface area contributed by atoms with E-state index < -0.39 is 0 Å². The maximum Gasteiger partial charge on any atom is 0.0340 e. The van der Waals surface area contributed by atoms with Crippen LogP contribution in [0.25, 0.3) is 5.70 Å². The molecule has 1 N–H and O–H groups in total. The molecule has 0 spiro atoms. The van der Waals surface area contributed by atoms with Crippen LogP contribution in [0.4, 0.5) is 0 Å². The van der Waals surface area contributed by atoms with E-state index >= 15 is 0 Å². The van der Waals surface area contributed by atoms with E-state index in [1.165, 1.54) is 106 Å². The lowest BCUT2D eigenvalue weighted by Crippen LogP contribution is -2.61. The highest BCUT2D eigenvalue weighted by atomic mass is 14.9. The minimum atomic E-state index is 0.483. The zero-order valence-electron chi connectivity index (χ0n) is 35.2. The molecule has 0 bridgehead atoms. The molecule has 4 saturated carbocycles. The van der Waals surface area contributed by atoms with Gasteiger partial charge in [-0.25, -0.2) is 0 Å². The Bertz CT molecular complexity index is 1430. The molecule has 0 radical (unpaired) electrons. The van der Waals surface area contributed by atoms with Crippen molar-refractivity contribution >= 4 is 5.70 Å². The zero-order chi connectivity index (χ0) is 38.1. The van der Waals surface area contributed by atoms with Gasteiger partial charge in [-0.15, -0.1) is 19.7 Å². The summed E-state index contributed by atoms with van der Waals surface area (Å²) < 4.78 is 0. The number of hydrogen-bond donors (Lipinski definition) is 1. The standard InChI is InChI=1S/C46H69N.C3H6.C2H4/c1-32-12-10-16-38(20-19-36-15-11-17-39(31-36)35(4)47-29-26-37-14-9-13-33(2)30-37)40-21-23-43-45(7,41(40)22-18-32)28-25-42-44(5,6)34(3)24-27-46(42,43)8;1-3-2;1-2/h9,11,13-15,17,30-32,34,38,40-43,47H,4,10,12,16,18-29H2,1-3,5-8H3;3H,1H2,2H3;1-2H2. The molecular formula is C51H79N. The van der Waals surface area contributed by atoms with Crippen molar-refractivity contribution in [2.45, 2.75) is 145 Å². The van der Waals surface area contributed by atoms with E-state index in [9.17, 15) is 0 Å². The predicted octanol–water partition coefficient (Wildman–Crippen LogP) is 14.5. The summed E-state index contributed by atoms with van der Waals surface area (Å²) in [5.74, 6) is 6.27. The van der Waals surface area contributed by atoms with Crippen LogP contribution in [0.2, 0.25) is 0 Å². The molecule has 2 aromatic carbocycles. The van der Waals surface area contributed by atoms with Crippen molar-refractivity contribution in [3.63, 3.8) is 0 Å². The summed E-state index contributed by atoms with van der Waals surface area (Å²) in [5, 5.41) is 3.63. The quantitative estimate of drug-likeness (QED) is 0.270. The van der Waals surface area contributed by atoms with Gasteiger partial charge < -0.3 is 5.32 Å². The highest BCUT2D eigenvalue weighted by molar-refractivity contribution is 5.62. The maximum absolute atomic E-state index is 4.44. The smallest absolute Gasteiger partial charge is 0.0340 e. The van der Waals surface area contributed by atoms with E-state index in [-0.39, 0.29) is 0 Å². The van der Waals surface area contributed by atoms with Gasteiger partial charge in [-0.3, -0.25) is 0 Å². The van der Waals surface area contributed by atoms with Gasteiger partial charge in [-0.2, -0.15) is 0 Å². The fourth-order valence-electron chi connectivity index (χ4n) is 12.5. The van der Waals surface area contributed by atoms with Crippen LogP contribution in [-0.2, 0) is 12.8 Å². The molecule has 6 rings (SSSR count). The lowest BCUT2D eigenvalue weighted by Gasteiger charge is -2.68. The maximum atomic E-state index is 4.44. The molecular weight excluding hydrogens is 627 g/mol. The van der Waals surface area contributed by atoms with Crippen LogP contribution in [-0.4, -0.2) is 6.54 Å². The number of benzene rings is 2.